The number of rotatable bonds is 5. The topological polar surface area (TPSA) is 64.8 Å². The SMILES string of the molecule is NCc1ccc(OC2CCN(C(=O)OCc3ccccc3)C2)cc1. The molecule has 0 aliphatic carbocycles. The highest BCUT2D eigenvalue weighted by atomic mass is 16.6. The van der Waals surface area contributed by atoms with E-state index in [1.807, 2.05) is 54.6 Å². The predicted molar refractivity (Wildman–Crippen MR) is 91.6 cm³/mol. The average Bonchev–Trinajstić information content (AvgIpc) is 3.10. The van der Waals surface area contributed by atoms with Gasteiger partial charge in [-0.3, -0.25) is 0 Å². The molecule has 2 aromatic rings. The van der Waals surface area contributed by atoms with Crippen LogP contribution in [0.15, 0.2) is 54.6 Å². The fourth-order valence-corrected chi connectivity index (χ4v) is 2.70. The van der Waals surface area contributed by atoms with Crippen molar-refractivity contribution in [2.24, 2.45) is 5.73 Å². The van der Waals surface area contributed by atoms with Crippen molar-refractivity contribution in [3.8, 4) is 5.75 Å². The van der Waals surface area contributed by atoms with E-state index in [1.54, 1.807) is 4.90 Å². The third-order valence-corrected chi connectivity index (χ3v) is 4.07. The molecule has 0 radical (unpaired) electrons. The van der Waals surface area contributed by atoms with Gasteiger partial charge in [-0.05, 0) is 23.3 Å². The minimum atomic E-state index is -0.288. The Kier molecular flexibility index (Phi) is 5.33. The Morgan fingerprint density at radius 3 is 2.54 bits per heavy atom. The highest BCUT2D eigenvalue weighted by Gasteiger charge is 2.28. The fraction of sp³-hybridized carbons (Fsp3) is 0.316. The molecule has 126 valence electrons. The molecule has 1 amide bonds. The number of nitrogens with two attached hydrogens (primary N) is 1. The van der Waals surface area contributed by atoms with Crippen LogP contribution in [0.4, 0.5) is 4.79 Å². The number of hydrogen-bond acceptors (Lipinski definition) is 4. The molecule has 0 spiro atoms. The monoisotopic (exact) mass is 326 g/mol. The lowest BCUT2D eigenvalue weighted by atomic mass is 10.2. The number of carbonyl (C=O) groups is 1. The number of likely N-dealkylation sites (tertiary alicyclic amines) is 1. The van der Waals surface area contributed by atoms with E-state index in [0.29, 0.717) is 26.2 Å². The molecule has 2 N–H and O–H groups in total. The van der Waals surface area contributed by atoms with E-state index in [0.717, 1.165) is 23.3 Å². The summed E-state index contributed by atoms with van der Waals surface area (Å²) in [5.41, 5.74) is 7.64. The van der Waals surface area contributed by atoms with Crippen molar-refractivity contribution >= 4 is 6.09 Å². The van der Waals surface area contributed by atoms with E-state index >= 15 is 0 Å². The van der Waals surface area contributed by atoms with Crippen molar-refractivity contribution in [1.29, 1.82) is 0 Å². The maximum absolute atomic E-state index is 12.1. The zero-order valence-corrected chi connectivity index (χ0v) is 13.6. The second kappa shape index (κ2) is 7.84. The molecule has 1 heterocycles. The first-order valence-electron chi connectivity index (χ1n) is 8.16. The van der Waals surface area contributed by atoms with Gasteiger partial charge in [0.25, 0.3) is 0 Å². The normalized spacial score (nSPS) is 16.9. The standard InChI is InChI=1S/C19H22N2O3/c20-12-15-6-8-17(9-7-15)24-18-10-11-21(13-18)19(22)23-14-16-4-2-1-3-5-16/h1-9,18H,10-14,20H2. The van der Waals surface area contributed by atoms with Crippen LogP contribution in [-0.4, -0.2) is 30.2 Å². The lowest BCUT2D eigenvalue weighted by Gasteiger charge is -2.17. The lowest BCUT2D eigenvalue weighted by molar-refractivity contribution is 0.0991. The van der Waals surface area contributed by atoms with Crippen LogP contribution in [0.1, 0.15) is 17.5 Å². The molecular weight excluding hydrogens is 304 g/mol. The predicted octanol–water partition coefficient (Wildman–Crippen LogP) is 2.94. The molecule has 1 fully saturated rings. The molecule has 1 aliphatic rings. The van der Waals surface area contributed by atoms with E-state index < -0.39 is 0 Å². The summed E-state index contributed by atoms with van der Waals surface area (Å²) in [6.07, 6.45) is 0.514. The number of carbonyl (C=O) groups excluding carboxylic acids is 1. The molecule has 2 aromatic carbocycles. The molecule has 3 rings (SSSR count). The molecule has 0 aromatic heterocycles. The van der Waals surface area contributed by atoms with E-state index in [1.165, 1.54) is 0 Å². The number of nitrogens with zero attached hydrogens (tertiary/aromatic N) is 1. The number of amides is 1. The van der Waals surface area contributed by atoms with Crippen LogP contribution in [0, 0.1) is 0 Å². The van der Waals surface area contributed by atoms with Crippen LogP contribution in [0.2, 0.25) is 0 Å². The summed E-state index contributed by atoms with van der Waals surface area (Å²) in [7, 11) is 0. The Bertz CT molecular complexity index is 658. The van der Waals surface area contributed by atoms with Crippen molar-refractivity contribution in [3.05, 3.63) is 65.7 Å². The maximum Gasteiger partial charge on any atom is 0.410 e. The second-order valence-corrected chi connectivity index (χ2v) is 5.86. The van der Waals surface area contributed by atoms with Gasteiger partial charge in [-0.2, -0.15) is 0 Å². The molecular formula is C19H22N2O3. The van der Waals surface area contributed by atoms with Gasteiger partial charge in [0, 0.05) is 19.5 Å². The van der Waals surface area contributed by atoms with Gasteiger partial charge in [-0.15, -0.1) is 0 Å². The van der Waals surface area contributed by atoms with Crippen molar-refractivity contribution in [2.45, 2.75) is 25.7 Å². The van der Waals surface area contributed by atoms with Crippen molar-refractivity contribution < 1.29 is 14.3 Å². The molecule has 1 aliphatic heterocycles. The quantitative estimate of drug-likeness (QED) is 0.917. The molecule has 0 bridgehead atoms. The van der Waals surface area contributed by atoms with E-state index in [4.69, 9.17) is 15.2 Å². The number of hydrogen-bond donors (Lipinski definition) is 1. The average molecular weight is 326 g/mol. The highest BCUT2D eigenvalue weighted by Crippen LogP contribution is 2.19. The Morgan fingerprint density at radius 1 is 1.08 bits per heavy atom. The Morgan fingerprint density at radius 2 is 1.83 bits per heavy atom. The Hall–Kier alpha value is -2.53. The van der Waals surface area contributed by atoms with Gasteiger partial charge >= 0.3 is 6.09 Å². The van der Waals surface area contributed by atoms with E-state index in [-0.39, 0.29) is 12.2 Å². The minimum Gasteiger partial charge on any atom is -0.489 e. The van der Waals surface area contributed by atoms with Crippen LogP contribution in [0.5, 0.6) is 5.75 Å². The molecule has 0 saturated carbocycles. The van der Waals surface area contributed by atoms with Crippen molar-refractivity contribution in [2.75, 3.05) is 13.1 Å². The molecule has 5 heteroatoms. The van der Waals surface area contributed by atoms with Crippen LogP contribution >= 0.6 is 0 Å². The van der Waals surface area contributed by atoms with E-state index in [2.05, 4.69) is 0 Å². The summed E-state index contributed by atoms with van der Waals surface area (Å²) in [6, 6.07) is 17.4. The first-order chi connectivity index (χ1) is 11.7. The lowest BCUT2D eigenvalue weighted by Crippen LogP contribution is -2.31. The highest BCUT2D eigenvalue weighted by molar-refractivity contribution is 5.68. The molecule has 1 unspecified atom stereocenters. The van der Waals surface area contributed by atoms with Crippen LogP contribution < -0.4 is 10.5 Å². The number of ether oxygens (including phenoxy) is 2. The van der Waals surface area contributed by atoms with Crippen LogP contribution in [0.25, 0.3) is 0 Å². The third-order valence-electron chi connectivity index (χ3n) is 4.07. The molecule has 5 nitrogen and oxygen atoms in total. The van der Waals surface area contributed by atoms with Gasteiger partial charge in [0.2, 0.25) is 0 Å². The smallest absolute Gasteiger partial charge is 0.410 e. The summed E-state index contributed by atoms with van der Waals surface area (Å²) >= 11 is 0. The number of benzene rings is 2. The first-order valence-corrected chi connectivity index (χ1v) is 8.16. The van der Waals surface area contributed by atoms with Crippen LogP contribution in [0.3, 0.4) is 0 Å². The summed E-state index contributed by atoms with van der Waals surface area (Å²) in [6.45, 7) is 2.01. The molecule has 24 heavy (non-hydrogen) atoms. The fourth-order valence-electron chi connectivity index (χ4n) is 2.70. The van der Waals surface area contributed by atoms with Gasteiger partial charge in [-0.25, -0.2) is 4.79 Å². The van der Waals surface area contributed by atoms with Crippen molar-refractivity contribution in [3.63, 3.8) is 0 Å². The van der Waals surface area contributed by atoms with Gasteiger partial charge in [0.15, 0.2) is 0 Å². The van der Waals surface area contributed by atoms with Crippen LogP contribution in [-0.2, 0) is 17.9 Å². The summed E-state index contributed by atoms with van der Waals surface area (Å²) in [5, 5.41) is 0. The van der Waals surface area contributed by atoms with Gasteiger partial charge < -0.3 is 20.1 Å². The van der Waals surface area contributed by atoms with Gasteiger partial charge in [0.1, 0.15) is 18.5 Å². The summed E-state index contributed by atoms with van der Waals surface area (Å²) < 4.78 is 11.3. The Balaban J connectivity index is 1.46. The minimum absolute atomic E-state index is 0.00185. The zero-order valence-electron chi connectivity index (χ0n) is 13.6. The summed E-state index contributed by atoms with van der Waals surface area (Å²) in [4.78, 5) is 13.8. The third kappa shape index (κ3) is 4.26. The zero-order chi connectivity index (χ0) is 16.8. The maximum atomic E-state index is 12.1. The Labute approximate surface area is 142 Å². The molecule has 1 atom stereocenters. The van der Waals surface area contributed by atoms with Gasteiger partial charge in [-0.1, -0.05) is 42.5 Å². The largest absolute Gasteiger partial charge is 0.489 e. The molecule has 1 saturated heterocycles. The second-order valence-electron chi connectivity index (χ2n) is 5.86. The van der Waals surface area contributed by atoms with Gasteiger partial charge in [0.05, 0.1) is 6.54 Å². The van der Waals surface area contributed by atoms with E-state index in [9.17, 15) is 4.79 Å². The van der Waals surface area contributed by atoms with Crippen molar-refractivity contribution in [1.82, 2.24) is 4.90 Å². The first kappa shape index (κ1) is 16.3. The summed E-state index contributed by atoms with van der Waals surface area (Å²) in [5.74, 6) is 0.803.